The summed E-state index contributed by atoms with van der Waals surface area (Å²) in [6.45, 7) is 0. The summed E-state index contributed by atoms with van der Waals surface area (Å²) in [6, 6.07) is 0. The van der Waals surface area contributed by atoms with Gasteiger partial charge in [0.2, 0.25) is 0 Å². The van der Waals surface area contributed by atoms with E-state index in [1.807, 2.05) is 0 Å². The molecule has 0 aromatic rings. The van der Waals surface area contributed by atoms with Gasteiger partial charge in [-0.15, -0.1) is 0 Å². The summed E-state index contributed by atoms with van der Waals surface area (Å²) in [5.41, 5.74) is 0. The maximum absolute atomic E-state index is 2.27. The zero-order valence-corrected chi connectivity index (χ0v) is 7.32. The van der Waals surface area contributed by atoms with Gasteiger partial charge >= 0.3 is 0 Å². The van der Waals surface area contributed by atoms with Crippen molar-refractivity contribution in [2.75, 3.05) is 0 Å². The fourth-order valence-electron chi connectivity index (χ4n) is 1.00. The molecule has 63 valence electrons. The van der Waals surface area contributed by atoms with Gasteiger partial charge in [0.15, 0.2) is 0 Å². The molecule has 0 aromatic carbocycles. The standard InChI is InChI=1S/C12H15/c1-2-4-6-8-10-12-11-9-7-5-3-1/h1-6,9-11H,7-8,12H2/b2-1-,5-3+,6-4+,11-9-. The van der Waals surface area contributed by atoms with Crippen LogP contribution in [0.3, 0.4) is 0 Å². The van der Waals surface area contributed by atoms with Crippen molar-refractivity contribution in [1.82, 2.24) is 0 Å². The maximum atomic E-state index is 2.27. The van der Waals surface area contributed by atoms with E-state index in [9.17, 15) is 0 Å². The first-order valence-corrected chi connectivity index (χ1v) is 4.45. The molecule has 0 atom stereocenters. The van der Waals surface area contributed by atoms with Crippen molar-refractivity contribution in [2.24, 2.45) is 0 Å². The highest BCUT2D eigenvalue weighted by Gasteiger charge is 1.80. The second kappa shape index (κ2) is 6.66. The van der Waals surface area contributed by atoms with Gasteiger partial charge in [-0.3, -0.25) is 0 Å². The molecule has 12 heavy (non-hydrogen) atoms. The highest BCUT2D eigenvalue weighted by atomic mass is 13.9. The minimum absolute atomic E-state index is 1.04. The van der Waals surface area contributed by atoms with Crippen LogP contribution in [0.15, 0.2) is 48.6 Å². The van der Waals surface area contributed by atoms with Crippen molar-refractivity contribution in [1.29, 1.82) is 0 Å². The number of allylic oxidation sites excluding steroid dienone is 8. The van der Waals surface area contributed by atoms with Crippen LogP contribution in [0.2, 0.25) is 0 Å². The molecular weight excluding hydrogens is 144 g/mol. The first-order chi connectivity index (χ1) is 6.00. The first-order valence-electron chi connectivity index (χ1n) is 4.45. The Hall–Kier alpha value is -1.04. The van der Waals surface area contributed by atoms with E-state index in [0.717, 1.165) is 19.3 Å². The predicted octanol–water partition coefficient (Wildman–Crippen LogP) is 3.60. The Morgan fingerprint density at radius 1 is 0.500 bits per heavy atom. The Bertz CT molecular complexity index is 204. The molecule has 0 nitrogen and oxygen atoms in total. The van der Waals surface area contributed by atoms with Gasteiger partial charge in [0, 0.05) is 0 Å². The normalized spacial score (nSPS) is 29.3. The topological polar surface area (TPSA) is 0 Å². The Morgan fingerprint density at radius 3 is 1.92 bits per heavy atom. The van der Waals surface area contributed by atoms with Crippen molar-refractivity contribution in [2.45, 2.75) is 19.3 Å². The van der Waals surface area contributed by atoms with Gasteiger partial charge in [-0.05, 0) is 25.7 Å². The van der Waals surface area contributed by atoms with Gasteiger partial charge in [0.25, 0.3) is 0 Å². The van der Waals surface area contributed by atoms with Crippen LogP contribution in [-0.4, -0.2) is 0 Å². The molecule has 1 aliphatic rings. The molecular formula is C12H15. The minimum atomic E-state index is 1.04. The lowest BCUT2D eigenvalue weighted by Gasteiger charge is -1.89. The third-order valence-corrected chi connectivity index (χ3v) is 1.65. The lowest BCUT2D eigenvalue weighted by atomic mass is 10.2. The minimum Gasteiger partial charge on any atom is -0.0879 e. The maximum Gasteiger partial charge on any atom is -0.0166 e. The highest BCUT2D eigenvalue weighted by molar-refractivity contribution is 5.13. The zero-order chi connectivity index (χ0) is 8.49. The first kappa shape index (κ1) is 9.05. The fraction of sp³-hybridized carbons (Fsp3) is 0.250. The van der Waals surface area contributed by atoms with Crippen LogP contribution in [0, 0.1) is 6.42 Å². The third kappa shape index (κ3) is 4.73. The molecule has 0 aliphatic heterocycles. The van der Waals surface area contributed by atoms with E-state index in [0.29, 0.717) is 0 Å². The van der Waals surface area contributed by atoms with E-state index < -0.39 is 0 Å². The average molecular weight is 159 g/mol. The Balaban J connectivity index is 2.42. The average Bonchev–Trinajstić information content (AvgIpc) is 2.05. The van der Waals surface area contributed by atoms with Crippen molar-refractivity contribution in [3.63, 3.8) is 0 Å². The van der Waals surface area contributed by atoms with Crippen LogP contribution in [0.5, 0.6) is 0 Å². The molecule has 0 heteroatoms. The molecule has 1 radical (unpaired) electrons. The fourth-order valence-corrected chi connectivity index (χ4v) is 1.00. The summed E-state index contributed by atoms with van der Waals surface area (Å²) in [4.78, 5) is 0. The smallest absolute Gasteiger partial charge is 0.0166 e. The highest BCUT2D eigenvalue weighted by Crippen LogP contribution is 1.99. The van der Waals surface area contributed by atoms with Gasteiger partial charge < -0.3 is 0 Å². The summed E-state index contributed by atoms with van der Waals surface area (Å²) in [5.74, 6) is 0. The van der Waals surface area contributed by atoms with E-state index >= 15 is 0 Å². The molecule has 0 heterocycles. The predicted molar refractivity (Wildman–Crippen MR) is 54.7 cm³/mol. The SMILES string of the molecule is [CH]1C/C=C\C/C=C/C=C\C=C\C1. The molecule has 0 N–H and O–H groups in total. The lowest BCUT2D eigenvalue weighted by molar-refractivity contribution is 1.10. The largest absolute Gasteiger partial charge is 0.0879 e. The molecule has 1 rings (SSSR count). The Labute approximate surface area is 75.0 Å². The quantitative estimate of drug-likeness (QED) is 0.474. The molecule has 0 amide bonds. The van der Waals surface area contributed by atoms with Gasteiger partial charge in [0.1, 0.15) is 0 Å². The molecule has 1 aliphatic carbocycles. The number of rotatable bonds is 0. The Kier molecular flexibility index (Phi) is 5.02. The van der Waals surface area contributed by atoms with Crippen molar-refractivity contribution < 1.29 is 0 Å². The molecule has 0 bridgehead atoms. The van der Waals surface area contributed by atoms with Crippen LogP contribution >= 0.6 is 0 Å². The number of hydrogen-bond donors (Lipinski definition) is 0. The second-order valence-electron chi connectivity index (χ2n) is 2.71. The zero-order valence-electron chi connectivity index (χ0n) is 7.32. The Morgan fingerprint density at radius 2 is 1.08 bits per heavy atom. The summed E-state index contributed by atoms with van der Waals surface area (Å²) >= 11 is 0. The van der Waals surface area contributed by atoms with Crippen LogP contribution in [0.4, 0.5) is 0 Å². The molecule has 0 fully saturated rings. The molecule has 0 unspecified atom stereocenters. The van der Waals surface area contributed by atoms with Crippen molar-refractivity contribution >= 4 is 0 Å². The number of hydrogen-bond acceptors (Lipinski definition) is 0. The molecule has 0 aromatic heterocycles. The third-order valence-electron chi connectivity index (χ3n) is 1.65. The second-order valence-corrected chi connectivity index (χ2v) is 2.71. The van der Waals surface area contributed by atoms with Crippen molar-refractivity contribution in [3.05, 3.63) is 55.0 Å². The molecule has 0 saturated carbocycles. The molecule has 0 spiro atoms. The van der Waals surface area contributed by atoms with E-state index in [4.69, 9.17) is 0 Å². The van der Waals surface area contributed by atoms with E-state index in [-0.39, 0.29) is 0 Å². The van der Waals surface area contributed by atoms with Gasteiger partial charge in [-0.25, -0.2) is 0 Å². The molecule has 0 saturated heterocycles. The van der Waals surface area contributed by atoms with Crippen LogP contribution in [0.25, 0.3) is 0 Å². The van der Waals surface area contributed by atoms with E-state index in [1.54, 1.807) is 0 Å². The monoisotopic (exact) mass is 159 g/mol. The summed E-state index contributed by atoms with van der Waals surface area (Å²) in [5, 5.41) is 0. The van der Waals surface area contributed by atoms with Crippen LogP contribution < -0.4 is 0 Å². The van der Waals surface area contributed by atoms with Crippen LogP contribution in [0.1, 0.15) is 19.3 Å². The summed E-state index contributed by atoms with van der Waals surface area (Å²) in [6.07, 6.45) is 22.5. The van der Waals surface area contributed by atoms with E-state index in [1.165, 1.54) is 0 Å². The van der Waals surface area contributed by atoms with Crippen molar-refractivity contribution in [3.8, 4) is 0 Å². The van der Waals surface area contributed by atoms with Gasteiger partial charge in [-0.2, -0.15) is 0 Å². The van der Waals surface area contributed by atoms with Gasteiger partial charge in [0.05, 0.1) is 0 Å². The summed E-state index contributed by atoms with van der Waals surface area (Å²) in [7, 11) is 0. The van der Waals surface area contributed by atoms with E-state index in [2.05, 4.69) is 55.0 Å². The van der Waals surface area contributed by atoms with Gasteiger partial charge in [-0.1, -0.05) is 48.6 Å². The summed E-state index contributed by atoms with van der Waals surface area (Å²) < 4.78 is 0. The lowest BCUT2D eigenvalue weighted by Crippen LogP contribution is -1.71. The van der Waals surface area contributed by atoms with Crippen LogP contribution in [-0.2, 0) is 0 Å².